The molecular weight excluding hydrogens is 370 g/mol. The number of amides is 3. The lowest BCUT2D eigenvalue weighted by atomic mass is 9.97. The number of rotatable bonds is 4. The molecule has 0 radical (unpaired) electrons. The second-order valence-corrected chi connectivity index (χ2v) is 6.82. The Bertz CT molecular complexity index is 958. The van der Waals surface area contributed by atoms with Crippen LogP contribution in [0.5, 0.6) is 0 Å². The number of nitrogens with zero attached hydrogens (tertiary/aromatic N) is 5. The summed E-state index contributed by atoms with van der Waals surface area (Å²) in [6.07, 6.45) is 6.09. The first-order valence-corrected chi connectivity index (χ1v) is 9.42. The van der Waals surface area contributed by atoms with Crippen molar-refractivity contribution in [2.45, 2.75) is 12.8 Å². The van der Waals surface area contributed by atoms with Crippen LogP contribution in [0.15, 0.2) is 61.3 Å². The molecule has 0 unspecified atom stereocenters. The Morgan fingerprint density at radius 1 is 1.03 bits per heavy atom. The molecule has 148 valence electrons. The van der Waals surface area contributed by atoms with Crippen molar-refractivity contribution in [2.75, 3.05) is 23.7 Å². The number of piperidine rings is 1. The van der Waals surface area contributed by atoms with E-state index in [1.807, 2.05) is 30.3 Å². The summed E-state index contributed by atoms with van der Waals surface area (Å²) in [7, 11) is 0. The minimum absolute atomic E-state index is 0.0625. The van der Waals surface area contributed by atoms with Crippen molar-refractivity contribution in [1.29, 1.82) is 0 Å². The second-order valence-electron chi connectivity index (χ2n) is 6.82. The highest BCUT2D eigenvalue weighted by Gasteiger charge is 2.28. The zero-order valence-corrected chi connectivity index (χ0v) is 15.7. The Hall–Kier alpha value is -3.75. The Morgan fingerprint density at radius 3 is 2.62 bits per heavy atom. The molecule has 1 aliphatic heterocycles. The molecule has 3 aromatic rings. The Kier molecular flexibility index (Phi) is 5.46. The minimum Gasteiger partial charge on any atom is -0.326 e. The van der Waals surface area contributed by atoms with Crippen LogP contribution in [-0.4, -0.2) is 49.7 Å². The number of carbonyl (C=O) groups is 2. The monoisotopic (exact) mass is 391 g/mol. The van der Waals surface area contributed by atoms with Crippen molar-refractivity contribution in [1.82, 2.24) is 24.6 Å². The summed E-state index contributed by atoms with van der Waals surface area (Å²) < 4.78 is 1.53. The van der Waals surface area contributed by atoms with E-state index >= 15 is 0 Å². The fraction of sp³-hybridized carbons (Fsp3) is 0.250. The third kappa shape index (κ3) is 4.57. The number of benzene rings is 1. The van der Waals surface area contributed by atoms with Crippen molar-refractivity contribution in [2.24, 2.45) is 5.92 Å². The zero-order chi connectivity index (χ0) is 20.1. The van der Waals surface area contributed by atoms with E-state index in [1.165, 1.54) is 11.0 Å². The lowest BCUT2D eigenvalue weighted by Crippen LogP contribution is -2.45. The highest BCUT2D eigenvalue weighted by molar-refractivity contribution is 5.94. The zero-order valence-electron chi connectivity index (χ0n) is 15.7. The average Bonchev–Trinajstić information content (AvgIpc) is 3.30. The van der Waals surface area contributed by atoms with Gasteiger partial charge in [-0.3, -0.25) is 4.79 Å². The number of anilines is 2. The quantitative estimate of drug-likeness (QED) is 0.711. The predicted molar refractivity (Wildman–Crippen MR) is 108 cm³/mol. The van der Waals surface area contributed by atoms with Gasteiger partial charge in [-0.2, -0.15) is 5.10 Å². The molecular formula is C20H21N7O2. The number of para-hydroxylation sites is 1. The van der Waals surface area contributed by atoms with E-state index in [1.54, 1.807) is 29.6 Å². The Labute approximate surface area is 167 Å². The van der Waals surface area contributed by atoms with Crippen LogP contribution in [0.4, 0.5) is 16.2 Å². The number of hydrogen-bond donors (Lipinski definition) is 2. The van der Waals surface area contributed by atoms with Crippen LogP contribution in [0.1, 0.15) is 12.8 Å². The SMILES string of the molecule is O=C(Nc1ccccc1)[C@@H]1CCCN(C(=O)Nc2ccc(-n3cncn3)nc2)C1. The van der Waals surface area contributed by atoms with E-state index in [0.717, 1.165) is 18.5 Å². The summed E-state index contributed by atoms with van der Waals surface area (Å²) in [4.78, 5) is 35.0. The van der Waals surface area contributed by atoms with Crippen LogP contribution in [0.3, 0.4) is 0 Å². The van der Waals surface area contributed by atoms with Crippen LogP contribution in [0, 0.1) is 5.92 Å². The van der Waals surface area contributed by atoms with Crippen molar-refractivity contribution < 1.29 is 9.59 Å². The molecule has 9 nitrogen and oxygen atoms in total. The van der Waals surface area contributed by atoms with Gasteiger partial charge in [-0.1, -0.05) is 18.2 Å². The lowest BCUT2D eigenvalue weighted by molar-refractivity contribution is -0.121. The van der Waals surface area contributed by atoms with Crippen molar-refractivity contribution in [3.63, 3.8) is 0 Å². The van der Waals surface area contributed by atoms with Gasteiger partial charge in [0.15, 0.2) is 5.82 Å². The smallest absolute Gasteiger partial charge is 0.321 e. The molecule has 0 bridgehead atoms. The van der Waals surface area contributed by atoms with E-state index in [-0.39, 0.29) is 17.9 Å². The fourth-order valence-electron chi connectivity index (χ4n) is 3.27. The topological polar surface area (TPSA) is 105 Å². The van der Waals surface area contributed by atoms with Gasteiger partial charge in [0, 0.05) is 18.8 Å². The van der Waals surface area contributed by atoms with Gasteiger partial charge in [-0.05, 0) is 37.1 Å². The van der Waals surface area contributed by atoms with Gasteiger partial charge in [-0.15, -0.1) is 0 Å². The first-order valence-electron chi connectivity index (χ1n) is 9.42. The number of aromatic nitrogens is 4. The molecule has 4 rings (SSSR count). The maximum atomic E-state index is 12.6. The maximum Gasteiger partial charge on any atom is 0.321 e. The number of nitrogens with one attached hydrogen (secondary N) is 2. The summed E-state index contributed by atoms with van der Waals surface area (Å²) in [5.74, 6) is 0.311. The molecule has 2 aromatic heterocycles. The van der Waals surface area contributed by atoms with Gasteiger partial charge in [0.1, 0.15) is 12.7 Å². The van der Waals surface area contributed by atoms with Crippen LogP contribution < -0.4 is 10.6 Å². The summed E-state index contributed by atoms with van der Waals surface area (Å²) in [6, 6.07) is 12.6. The molecule has 3 heterocycles. The second kappa shape index (κ2) is 8.51. The first kappa shape index (κ1) is 18.6. The van der Waals surface area contributed by atoms with Crippen molar-refractivity contribution in [3.05, 3.63) is 61.3 Å². The third-order valence-electron chi connectivity index (χ3n) is 4.77. The number of hydrogen-bond acceptors (Lipinski definition) is 5. The third-order valence-corrected chi connectivity index (χ3v) is 4.77. The molecule has 3 amide bonds. The molecule has 2 N–H and O–H groups in total. The highest BCUT2D eigenvalue weighted by atomic mass is 16.2. The molecule has 1 atom stereocenters. The predicted octanol–water partition coefficient (Wildman–Crippen LogP) is 2.54. The molecule has 1 fully saturated rings. The molecule has 29 heavy (non-hydrogen) atoms. The summed E-state index contributed by atoms with van der Waals surface area (Å²) in [5, 5.41) is 9.78. The number of likely N-dealkylation sites (tertiary alicyclic amines) is 1. The van der Waals surface area contributed by atoms with Gasteiger partial charge in [0.05, 0.1) is 17.8 Å². The molecule has 1 saturated heterocycles. The Morgan fingerprint density at radius 2 is 1.90 bits per heavy atom. The van der Waals surface area contributed by atoms with E-state index in [9.17, 15) is 9.59 Å². The number of pyridine rings is 1. The standard InChI is InChI=1S/C20H21N7O2/c28-19(24-16-6-2-1-3-7-16)15-5-4-10-26(12-15)20(29)25-17-8-9-18(22-11-17)27-14-21-13-23-27/h1-3,6-9,11,13-15H,4-5,10,12H2,(H,24,28)(H,25,29)/t15-/m1/s1. The van der Waals surface area contributed by atoms with Gasteiger partial charge < -0.3 is 15.5 Å². The summed E-state index contributed by atoms with van der Waals surface area (Å²) in [5.41, 5.74) is 1.34. The van der Waals surface area contributed by atoms with Gasteiger partial charge in [0.25, 0.3) is 0 Å². The molecule has 1 aliphatic rings. The van der Waals surface area contributed by atoms with Crippen LogP contribution >= 0.6 is 0 Å². The van der Waals surface area contributed by atoms with Crippen LogP contribution in [-0.2, 0) is 4.79 Å². The Balaban J connectivity index is 1.34. The minimum atomic E-state index is -0.238. The van der Waals surface area contributed by atoms with E-state index < -0.39 is 0 Å². The summed E-state index contributed by atoms with van der Waals surface area (Å²) >= 11 is 0. The van der Waals surface area contributed by atoms with Crippen molar-refractivity contribution in [3.8, 4) is 5.82 Å². The lowest BCUT2D eigenvalue weighted by Gasteiger charge is -2.32. The van der Waals surface area contributed by atoms with Crippen LogP contribution in [0.2, 0.25) is 0 Å². The van der Waals surface area contributed by atoms with Gasteiger partial charge in [-0.25, -0.2) is 19.4 Å². The van der Waals surface area contributed by atoms with Gasteiger partial charge >= 0.3 is 6.03 Å². The van der Waals surface area contributed by atoms with Gasteiger partial charge in [0.2, 0.25) is 5.91 Å². The molecule has 0 saturated carbocycles. The average molecular weight is 391 g/mol. The molecule has 0 spiro atoms. The number of urea groups is 1. The van der Waals surface area contributed by atoms with E-state index in [0.29, 0.717) is 24.6 Å². The van der Waals surface area contributed by atoms with E-state index in [4.69, 9.17) is 0 Å². The number of carbonyl (C=O) groups excluding carboxylic acids is 2. The fourth-order valence-corrected chi connectivity index (χ4v) is 3.27. The highest BCUT2D eigenvalue weighted by Crippen LogP contribution is 2.20. The molecule has 1 aromatic carbocycles. The van der Waals surface area contributed by atoms with Crippen LogP contribution in [0.25, 0.3) is 5.82 Å². The van der Waals surface area contributed by atoms with Crippen molar-refractivity contribution >= 4 is 23.3 Å². The molecule has 0 aliphatic carbocycles. The largest absolute Gasteiger partial charge is 0.326 e. The van der Waals surface area contributed by atoms with E-state index in [2.05, 4.69) is 25.7 Å². The normalized spacial score (nSPS) is 16.3. The maximum absolute atomic E-state index is 12.6. The first-order chi connectivity index (χ1) is 14.2. The summed E-state index contributed by atoms with van der Waals surface area (Å²) in [6.45, 7) is 1.00. The molecule has 9 heteroatoms.